The first-order valence-corrected chi connectivity index (χ1v) is 7.81. The van der Waals surface area contributed by atoms with E-state index >= 15 is 0 Å². The van der Waals surface area contributed by atoms with Gasteiger partial charge < -0.3 is 14.4 Å². The van der Waals surface area contributed by atoms with Crippen LogP contribution in [0.3, 0.4) is 0 Å². The highest BCUT2D eigenvalue weighted by Gasteiger charge is 2.18. The average Bonchev–Trinajstić information content (AvgIpc) is 3.34. The Morgan fingerprint density at radius 3 is 2.43 bits per heavy atom. The van der Waals surface area contributed by atoms with Crippen LogP contribution in [0.5, 0.6) is 0 Å². The maximum absolute atomic E-state index is 9.50. The fraction of sp³-hybridized carbons (Fsp3) is 0.294. The third-order valence-electron chi connectivity index (χ3n) is 4.21. The summed E-state index contributed by atoms with van der Waals surface area (Å²) >= 11 is 0. The molecule has 118 valence electrons. The van der Waals surface area contributed by atoms with Crippen LogP contribution in [0.2, 0.25) is 0 Å². The lowest BCUT2D eigenvalue weighted by Gasteiger charge is -2.17. The summed E-state index contributed by atoms with van der Waals surface area (Å²) < 4.78 is 7.17. The van der Waals surface area contributed by atoms with Crippen molar-refractivity contribution >= 4 is 5.69 Å². The number of aliphatic hydroxyl groups is 1. The van der Waals surface area contributed by atoms with Crippen molar-refractivity contribution in [3.05, 3.63) is 48.4 Å². The molecule has 0 saturated carbocycles. The van der Waals surface area contributed by atoms with Gasteiger partial charge in [-0.05, 0) is 49.2 Å². The summed E-state index contributed by atoms with van der Waals surface area (Å²) in [4.78, 5) is 2.39. The Labute approximate surface area is 134 Å². The lowest BCUT2D eigenvalue weighted by atomic mass is 10.2. The lowest BCUT2D eigenvalue weighted by molar-refractivity contribution is 0.277. The van der Waals surface area contributed by atoms with Gasteiger partial charge in [0, 0.05) is 18.8 Å². The molecule has 0 amide bonds. The Bertz CT molecular complexity index is 772. The van der Waals surface area contributed by atoms with E-state index in [1.54, 1.807) is 10.9 Å². The largest absolute Gasteiger partial charge is 0.463 e. The van der Waals surface area contributed by atoms with Crippen LogP contribution in [-0.2, 0) is 6.61 Å². The van der Waals surface area contributed by atoms with Gasteiger partial charge in [-0.15, -0.1) is 5.10 Å². The number of anilines is 1. The van der Waals surface area contributed by atoms with E-state index in [2.05, 4.69) is 27.3 Å². The smallest absolute Gasteiger partial charge is 0.154 e. The van der Waals surface area contributed by atoms with Crippen molar-refractivity contribution < 1.29 is 9.52 Å². The number of hydrogen-bond acceptors (Lipinski definition) is 5. The molecule has 0 spiro atoms. The quantitative estimate of drug-likeness (QED) is 0.802. The predicted molar refractivity (Wildman–Crippen MR) is 86.4 cm³/mol. The third kappa shape index (κ3) is 2.51. The number of aromatic nitrogens is 3. The van der Waals surface area contributed by atoms with Gasteiger partial charge in [-0.1, -0.05) is 5.21 Å². The molecule has 1 aromatic carbocycles. The average molecular weight is 310 g/mol. The van der Waals surface area contributed by atoms with Gasteiger partial charge in [0.15, 0.2) is 5.76 Å². The number of aliphatic hydroxyl groups excluding tert-OH is 1. The summed E-state index contributed by atoms with van der Waals surface area (Å²) in [6, 6.07) is 11.9. The molecule has 0 bridgehead atoms. The molecule has 3 aromatic rings. The second-order valence-electron chi connectivity index (χ2n) is 5.64. The van der Waals surface area contributed by atoms with Crippen LogP contribution >= 0.6 is 0 Å². The van der Waals surface area contributed by atoms with Crippen molar-refractivity contribution in [1.29, 1.82) is 0 Å². The SMILES string of the molecule is OCc1nnn(-c2ccc(N3CCCC3)cc2)c1-c1ccco1. The topological polar surface area (TPSA) is 67.3 Å². The molecule has 1 fully saturated rings. The molecule has 1 aliphatic heterocycles. The maximum atomic E-state index is 9.50. The van der Waals surface area contributed by atoms with Gasteiger partial charge in [-0.2, -0.15) is 0 Å². The summed E-state index contributed by atoms with van der Waals surface area (Å²) in [6.45, 7) is 2.06. The zero-order chi connectivity index (χ0) is 15.6. The van der Waals surface area contributed by atoms with Crippen molar-refractivity contribution in [2.24, 2.45) is 0 Å². The van der Waals surface area contributed by atoms with Crippen LogP contribution in [0.4, 0.5) is 5.69 Å². The minimum Gasteiger partial charge on any atom is -0.463 e. The monoisotopic (exact) mass is 310 g/mol. The maximum Gasteiger partial charge on any atom is 0.154 e. The van der Waals surface area contributed by atoms with E-state index in [1.807, 2.05) is 24.3 Å². The summed E-state index contributed by atoms with van der Waals surface area (Å²) in [5, 5.41) is 17.7. The molecule has 0 aliphatic carbocycles. The van der Waals surface area contributed by atoms with Crippen LogP contribution < -0.4 is 4.90 Å². The molecule has 0 atom stereocenters. The minimum absolute atomic E-state index is 0.179. The molecule has 1 N–H and O–H groups in total. The number of furan rings is 1. The van der Waals surface area contributed by atoms with E-state index in [0.717, 1.165) is 18.8 Å². The van der Waals surface area contributed by atoms with Gasteiger partial charge in [0.25, 0.3) is 0 Å². The number of nitrogens with zero attached hydrogens (tertiary/aromatic N) is 4. The van der Waals surface area contributed by atoms with Crippen LogP contribution in [0.1, 0.15) is 18.5 Å². The lowest BCUT2D eigenvalue weighted by Crippen LogP contribution is -2.17. The first-order chi connectivity index (χ1) is 11.4. The highest BCUT2D eigenvalue weighted by Crippen LogP contribution is 2.27. The molecule has 3 heterocycles. The van der Waals surface area contributed by atoms with E-state index in [9.17, 15) is 5.11 Å². The standard InChI is InChI=1S/C17H18N4O2/c22-12-15-17(16-4-3-11-23-16)21(19-18-15)14-7-5-13(6-8-14)20-9-1-2-10-20/h3-8,11,22H,1-2,9-10,12H2. The Balaban J connectivity index is 1.72. The molecule has 1 saturated heterocycles. The molecule has 6 heteroatoms. The van der Waals surface area contributed by atoms with E-state index in [0.29, 0.717) is 17.1 Å². The summed E-state index contributed by atoms with van der Waals surface area (Å²) in [5.41, 5.74) is 3.31. The van der Waals surface area contributed by atoms with Crippen molar-refractivity contribution in [3.8, 4) is 17.1 Å². The molecule has 1 aliphatic rings. The van der Waals surface area contributed by atoms with Gasteiger partial charge in [0.05, 0.1) is 18.6 Å². The molecular weight excluding hydrogens is 292 g/mol. The number of rotatable bonds is 4. The Morgan fingerprint density at radius 1 is 1.04 bits per heavy atom. The summed E-state index contributed by atoms with van der Waals surface area (Å²) in [5.74, 6) is 0.641. The Morgan fingerprint density at radius 2 is 1.78 bits per heavy atom. The van der Waals surface area contributed by atoms with Crippen molar-refractivity contribution in [3.63, 3.8) is 0 Å². The van der Waals surface area contributed by atoms with Gasteiger partial charge in [-0.25, -0.2) is 4.68 Å². The van der Waals surface area contributed by atoms with Crippen LogP contribution in [0.15, 0.2) is 47.1 Å². The number of hydrogen-bond donors (Lipinski definition) is 1. The molecular formula is C17H18N4O2. The van der Waals surface area contributed by atoms with Crippen molar-refractivity contribution in [2.75, 3.05) is 18.0 Å². The van der Waals surface area contributed by atoms with Gasteiger partial charge >= 0.3 is 0 Å². The molecule has 6 nitrogen and oxygen atoms in total. The third-order valence-corrected chi connectivity index (χ3v) is 4.21. The van der Waals surface area contributed by atoms with Crippen LogP contribution in [0, 0.1) is 0 Å². The first kappa shape index (κ1) is 14.0. The fourth-order valence-electron chi connectivity index (χ4n) is 3.04. The van der Waals surface area contributed by atoms with E-state index in [1.165, 1.54) is 18.5 Å². The second kappa shape index (κ2) is 5.89. The highest BCUT2D eigenvalue weighted by molar-refractivity contribution is 5.60. The van der Waals surface area contributed by atoms with Gasteiger partial charge in [-0.3, -0.25) is 0 Å². The highest BCUT2D eigenvalue weighted by atomic mass is 16.3. The summed E-state index contributed by atoms with van der Waals surface area (Å²) in [7, 11) is 0. The molecule has 23 heavy (non-hydrogen) atoms. The van der Waals surface area contributed by atoms with E-state index in [-0.39, 0.29) is 6.61 Å². The predicted octanol–water partition coefficient (Wildman–Crippen LogP) is 2.62. The van der Waals surface area contributed by atoms with Gasteiger partial charge in [0.1, 0.15) is 11.4 Å². The second-order valence-corrected chi connectivity index (χ2v) is 5.64. The fourth-order valence-corrected chi connectivity index (χ4v) is 3.04. The normalized spacial score (nSPS) is 14.6. The molecule has 0 radical (unpaired) electrons. The summed E-state index contributed by atoms with van der Waals surface area (Å²) in [6.07, 6.45) is 4.12. The van der Waals surface area contributed by atoms with E-state index < -0.39 is 0 Å². The van der Waals surface area contributed by atoms with Crippen LogP contribution in [-0.4, -0.2) is 33.2 Å². The van der Waals surface area contributed by atoms with Crippen molar-refractivity contribution in [1.82, 2.24) is 15.0 Å². The zero-order valence-electron chi connectivity index (χ0n) is 12.7. The molecule has 2 aromatic heterocycles. The Hall–Kier alpha value is -2.60. The van der Waals surface area contributed by atoms with Crippen molar-refractivity contribution in [2.45, 2.75) is 19.4 Å². The first-order valence-electron chi connectivity index (χ1n) is 7.81. The van der Waals surface area contributed by atoms with E-state index in [4.69, 9.17) is 4.42 Å². The zero-order valence-corrected chi connectivity index (χ0v) is 12.7. The number of benzene rings is 1. The van der Waals surface area contributed by atoms with Crippen LogP contribution in [0.25, 0.3) is 17.1 Å². The minimum atomic E-state index is -0.179. The van der Waals surface area contributed by atoms with Gasteiger partial charge in [0.2, 0.25) is 0 Å². The molecule has 4 rings (SSSR count). The molecule has 0 unspecified atom stereocenters. The Kier molecular flexibility index (Phi) is 3.59.